The van der Waals surface area contributed by atoms with Gasteiger partial charge in [0.15, 0.2) is 0 Å². The predicted molar refractivity (Wildman–Crippen MR) is 260 cm³/mol. The van der Waals surface area contributed by atoms with E-state index in [1.165, 1.54) is 81.0 Å². The summed E-state index contributed by atoms with van der Waals surface area (Å²) in [7, 11) is 0. The number of aryl methyl sites for hydroxylation is 1. The van der Waals surface area contributed by atoms with Gasteiger partial charge in [0.05, 0.1) is 0 Å². The van der Waals surface area contributed by atoms with E-state index in [9.17, 15) is 15.2 Å². The lowest BCUT2D eigenvalue weighted by Crippen LogP contribution is -2.09. The van der Waals surface area contributed by atoms with Gasteiger partial charge in [-0.25, -0.2) is 4.79 Å². The first-order valence-electron chi connectivity index (χ1n) is 19.7. The Bertz CT molecular complexity index is 3170. The quantitative estimate of drug-likeness (QED) is 0.104. The molecular formula is C52H35N3O2S4. The van der Waals surface area contributed by atoms with Gasteiger partial charge in [-0.05, 0) is 149 Å². The standard InChI is InChI=1S/C52H35N3O2S4/c1-2-54-45-22-13-36(50-24-21-42(60-50)29-38(32-53)52(56)57)30-43(45)44-31-37(14-23-46(44)54)51-26-25-49(61-51)35-11-19-41(20-12-35)55(39-15-7-33(8-16-39)47-5-3-27-58-47)40-17-9-34(10-18-40)48-6-4-28-59-48/h3-31H,2H2,1H3,(H,56,57)/b38-29-. The summed E-state index contributed by atoms with van der Waals surface area (Å²) in [5, 5.41) is 25.2. The number of hydrogen-bond acceptors (Lipinski definition) is 7. The van der Waals surface area contributed by atoms with E-state index in [2.05, 4.69) is 173 Å². The Morgan fingerprint density at radius 1 is 0.590 bits per heavy atom. The molecule has 294 valence electrons. The van der Waals surface area contributed by atoms with Gasteiger partial charge < -0.3 is 14.6 Å². The van der Waals surface area contributed by atoms with Crippen LogP contribution in [-0.2, 0) is 11.3 Å². The molecule has 5 nitrogen and oxygen atoms in total. The van der Waals surface area contributed by atoms with Gasteiger partial charge in [-0.2, -0.15) is 5.26 Å². The molecular weight excluding hydrogens is 827 g/mol. The highest BCUT2D eigenvalue weighted by Gasteiger charge is 2.17. The molecule has 0 bridgehead atoms. The minimum atomic E-state index is -1.22. The molecule has 0 aliphatic heterocycles. The van der Waals surface area contributed by atoms with E-state index < -0.39 is 5.97 Å². The maximum atomic E-state index is 11.4. The van der Waals surface area contributed by atoms with E-state index in [0.29, 0.717) is 0 Å². The molecule has 10 rings (SSSR count). The molecule has 0 radical (unpaired) electrons. The Balaban J connectivity index is 0.958. The minimum absolute atomic E-state index is 0.276. The number of benzene rings is 5. The first kappa shape index (κ1) is 38.4. The van der Waals surface area contributed by atoms with Crippen molar-refractivity contribution in [3.05, 3.63) is 179 Å². The van der Waals surface area contributed by atoms with Crippen molar-refractivity contribution in [2.75, 3.05) is 4.90 Å². The number of carboxylic acids is 1. The fraction of sp³-hybridized carbons (Fsp3) is 0.0385. The average molecular weight is 862 g/mol. The Morgan fingerprint density at radius 3 is 1.48 bits per heavy atom. The van der Waals surface area contributed by atoms with Crippen LogP contribution in [0.25, 0.3) is 80.1 Å². The predicted octanol–water partition coefficient (Wildman–Crippen LogP) is 15.9. The molecule has 9 heteroatoms. The van der Waals surface area contributed by atoms with E-state index in [-0.39, 0.29) is 5.57 Å². The lowest BCUT2D eigenvalue weighted by molar-refractivity contribution is -0.132. The highest BCUT2D eigenvalue weighted by molar-refractivity contribution is 7.19. The van der Waals surface area contributed by atoms with Gasteiger partial charge in [0.25, 0.3) is 0 Å². The van der Waals surface area contributed by atoms with Gasteiger partial charge in [0, 0.05) is 74.7 Å². The summed E-state index contributed by atoms with van der Waals surface area (Å²) < 4.78 is 2.35. The van der Waals surface area contributed by atoms with Gasteiger partial charge in [0.2, 0.25) is 0 Å². The van der Waals surface area contributed by atoms with Crippen molar-refractivity contribution < 1.29 is 9.90 Å². The second-order valence-electron chi connectivity index (χ2n) is 14.5. The maximum Gasteiger partial charge on any atom is 0.346 e. The zero-order valence-electron chi connectivity index (χ0n) is 32.8. The van der Waals surface area contributed by atoms with Crippen LogP contribution in [0.2, 0.25) is 0 Å². The molecule has 10 aromatic rings. The number of anilines is 3. The lowest BCUT2D eigenvalue weighted by Gasteiger charge is -2.26. The summed E-state index contributed by atoms with van der Waals surface area (Å²) in [4.78, 5) is 20.4. The first-order chi connectivity index (χ1) is 29.9. The molecule has 0 fully saturated rings. The number of aromatic nitrogens is 1. The van der Waals surface area contributed by atoms with Crippen LogP contribution in [0.15, 0.2) is 174 Å². The topological polar surface area (TPSA) is 69.3 Å². The van der Waals surface area contributed by atoms with Gasteiger partial charge >= 0.3 is 5.97 Å². The van der Waals surface area contributed by atoms with Crippen molar-refractivity contribution in [2.24, 2.45) is 0 Å². The van der Waals surface area contributed by atoms with Gasteiger partial charge in [-0.1, -0.05) is 60.7 Å². The Hall–Kier alpha value is -6.80. The summed E-state index contributed by atoms with van der Waals surface area (Å²) >= 11 is 6.78. The molecule has 61 heavy (non-hydrogen) atoms. The minimum Gasteiger partial charge on any atom is -0.477 e. The third-order valence-electron chi connectivity index (χ3n) is 10.9. The van der Waals surface area contributed by atoms with Crippen molar-refractivity contribution in [1.82, 2.24) is 4.57 Å². The Labute approximate surface area is 369 Å². The molecule has 0 atom stereocenters. The molecule has 0 spiro atoms. The number of carboxylic acid groups (broad SMARTS) is 1. The van der Waals surface area contributed by atoms with E-state index in [1.54, 1.807) is 40.1 Å². The molecule has 5 heterocycles. The van der Waals surface area contributed by atoms with Crippen molar-refractivity contribution in [2.45, 2.75) is 13.5 Å². The summed E-state index contributed by atoms with van der Waals surface area (Å²) in [5.41, 5.74) is 11.2. The zero-order chi connectivity index (χ0) is 41.5. The van der Waals surface area contributed by atoms with Crippen LogP contribution >= 0.6 is 45.3 Å². The van der Waals surface area contributed by atoms with E-state index in [1.807, 2.05) is 12.1 Å². The fourth-order valence-corrected chi connectivity index (χ4v) is 11.3. The molecule has 5 aromatic heterocycles. The number of nitrogens with zero attached hydrogens (tertiary/aromatic N) is 3. The smallest absolute Gasteiger partial charge is 0.346 e. The fourth-order valence-electron chi connectivity index (χ4n) is 7.93. The third-order valence-corrected chi connectivity index (χ3v) is 15.0. The lowest BCUT2D eigenvalue weighted by atomic mass is 10.1. The SMILES string of the molecule is CCn1c2ccc(-c3ccc(/C=C(/C#N)C(=O)O)s3)cc2c2cc(-c3ccc(-c4ccc(N(c5ccc(-c6cccs6)cc5)c5ccc(-c6cccs6)cc5)cc4)s3)ccc21. The maximum absolute atomic E-state index is 11.4. The first-order valence-corrected chi connectivity index (χ1v) is 23.1. The van der Waals surface area contributed by atoms with Gasteiger partial charge in [0.1, 0.15) is 11.6 Å². The van der Waals surface area contributed by atoms with Crippen LogP contribution in [-0.4, -0.2) is 15.6 Å². The highest BCUT2D eigenvalue weighted by Crippen LogP contribution is 2.42. The summed E-state index contributed by atoms with van der Waals surface area (Å²) in [6.07, 6.45) is 1.43. The number of thiophene rings is 4. The van der Waals surface area contributed by atoms with Crippen LogP contribution in [0.1, 0.15) is 11.8 Å². The highest BCUT2D eigenvalue weighted by atomic mass is 32.1. The molecule has 0 aliphatic carbocycles. The molecule has 0 amide bonds. The van der Waals surface area contributed by atoms with E-state index in [0.717, 1.165) is 38.9 Å². The number of nitriles is 1. The van der Waals surface area contributed by atoms with Gasteiger partial charge in [-0.15, -0.1) is 45.3 Å². The van der Waals surface area contributed by atoms with Crippen molar-refractivity contribution in [1.29, 1.82) is 5.26 Å². The number of aliphatic carboxylic acids is 1. The largest absolute Gasteiger partial charge is 0.477 e. The van der Waals surface area contributed by atoms with Crippen molar-refractivity contribution in [3.63, 3.8) is 0 Å². The third kappa shape index (κ3) is 7.41. The second-order valence-corrected chi connectivity index (χ2v) is 18.6. The summed E-state index contributed by atoms with van der Waals surface area (Å²) in [5.74, 6) is -1.22. The molecule has 5 aromatic carbocycles. The normalized spacial score (nSPS) is 11.6. The van der Waals surface area contributed by atoms with Crippen LogP contribution in [0, 0.1) is 11.3 Å². The zero-order valence-corrected chi connectivity index (χ0v) is 36.0. The summed E-state index contributed by atoms with van der Waals surface area (Å²) in [6.45, 7) is 3.02. The number of carbonyl (C=O) groups is 1. The molecule has 0 saturated heterocycles. The number of rotatable bonds is 11. The number of hydrogen-bond donors (Lipinski definition) is 1. The average Bonchev–Trinajstić information content (AvgIpc) is 4.17. The van der Waals surface area contributed by atoms with Crippen molar-refractivity contribution in [3.8, 4) is 58.3 Å². The summed E-state index contributed by atoms with van der Waals surface area (Å²) in [6, 6.07) is 58.5. The molecule has 1 N–H and O–H groups in total. The molecule has 0 unspecified atom stereocenters. The second kappa shape index (κ2) is 16.3. The number of fused-ring (bicyclic) bond motifs is 3. The van der Waals surface area contributed by atoms with Crippen molar-refractivity contribution >= 4 is 96.3 Å². The Kier molecular flexibility index (Phi) is 10.3. The van der Waals surface area contributed by atoms with Crippen LogP contribution in [0.3, 0.4) is 0 Å². The van der Waals surface area contributed by atoms with E-state index >= 15 is 0 Å². The van der Waals surface area contributed by atoms with Crippen LogP contribution < -0.4 is 4.90 Å². The van der Waals surface area contributed by atoms with Crippen LogP contribution in [0.4, 0.5) is 17.1 Å². The van der Waals surface area contributed by atoms with E-state index in [4.69, 9.17) is 0 Å². The van der Waals surface area contributed by atoms with Crippen LogP contribution in [0.5, 0.6) is 0 Å². The van der Waals surface area contributed by atoms with Gasteiger partial charge in [-0.3, -0.25) is 0 Å². The molecule has 0 saturated carbocycles. The molecule has 0 aliphatic rings. The Morgan fingerprint density at radius 2 is 1.03 bits per heavy atom. The monoisotopic (exact) mass is 861 g/mol.